The van der Waals surface area contributed by atoms with Crippen LogP contribution in [-0.2, 0) is 9.59 Å². The molecular formula is C16H18N2O7. The number of amides is 2. The summed E-state index contributed by atoms with van der Waals surface area (Å²) < 4.78 is 5.32. The van der Waals surface area contributed by atoms with Crippen LogP contribution in [0.2, 0.25) is 0 Å². The normalized spacial score (nSPS) is 23.0. The molecule has 0 aromatic carbocycles. The number of hydrogen-bond donors (Lipinski definition) is 2. The third-order valence-corrected chi connectivity index (χ3v) is 4.63. The van der Waals surface area contributed by atoms with Crippen LogP contribution in [0.4, 0.5) is 0 Å². The monoisotopic (exact) mass is 350 g/mol. The molecule has 2 aliphatic rings. The highest BCUT2D eigenvalue weighted by molar-refractivity contribution is 5.98. The average Bonchev–Trinajstić information content (AvgIpc) is 3.32. The van der Waals surface area contributed by atoms with Crippen LogP contribution in [0, 0.1) is 0 Å². The van der Waals surface area contributed by atoms with E-state index in [9.17, 15) is 19.2 Å². The Morgan fingerprint density at radius 3 is 1.60 bits per heavy atom. The largest absolute Gasteiger partial charge is 0.480 e. The molecule has 0 saturated carbocycles. The van der Waals surface area contributed by atoms with E-state index in [0.717, 1.165) is 0 Å². The molecule has 134 valence electrons. The number of rotatable bonds is 4. The second-order valence-electron chi connectivity index (χ2n) is 6.15. The van der Waals surface area contributed by atoms with Crippen LogP contribution < -0.4 is 0 Å². The summed E-state index contributed by atoms with van der Waals surface area (Å²) in [4.78, 5) is 49.7. The molecule has 0 radical (unpaired) electrons. The van der Waals surface area contributed by atoms with E-state index in [1.54, 1.807) is 0 Å². The summed E-state index contributed by atoms with van der Waals surface area (Å²) in [6, 6.07) is 0.843. The van der Waals surface area contributed by atoms with Crippen molar-refractivity contribution in [3.8, 4) is 0 Å². The van der Waals surface area contributed by atoms with Gasteiger partial charge in [0.2, 0.25) is 0 Å². The molecule has 2 aliphatic heterocycles. The van der Waals surface area contributed by atoms with Crippen LogP contribution in [-0.4, -0.2) is 68.9 Å². The molecule has 0 bridgehead atoms. The third kappa shape index (κ3) is 3.09. The number of carbonyl (C=O) groups excluding carboxylic acids is 2. The molecule has 2 saturated heterocycles. The van der Waals surface area contributed by atoms with Crippen molar-refractivity contribution in [2.75, 3.05) is 13.1 Å². The minimum Gasteiger partial charge on any atom is -0.480 e. The van der Waals surface area contributed by atoms with E-state index in [4.69, 9.17) is 14.6 Å². The van der Waals surface area contributed by atoms with Gasteiger partial charge in [0.15, 0.2) is 11.5 Å². The number of carboxylic acid groups (broad SMARTS) is 2. The number of furan rings is 1. The van der Waals surface area contributed by atoms with Gasteiger partial charge in [-0.15, -0.1) is 0 Å². The first-order valence-corrected chi connectivity index (χ1v) is 8.07. The predicted octanol–water partition coefficient (Wildman–Crippen LogP) is 0.658. The van der Waals surface area contributed by atoms with Crippen LogP contribution in [0.25, 0.3) is 0 Å². The Balaban J connectivity index is 1.76. The van der Waals surface area contributed by atoms with Gasteiger partial charge < -0.3 is 24.4 Å². The summed E-state index contributed by atoms with van der Waals surface area (Å²) in [5.41, 5.74) is 0. The highest BCUT2D eigenvalue weighted by atomic mass is 16.4. The lowest BCUT2D eigenvalue weighted by Crippen LogP contribution is -2.40. The van der Waals surface area contributed by atoms with E-state index in [1.807, 2.05) is 0 Å². The zero-order valence-electron chi connectivity index (χ0n) is 13.4. The molecule has 2 N–H and O–H groups in total. The fourth-order valence-corrected chi connectivity index (χ4v) is 3.38. The number of carbonyl (C=O) groups is 4. The predicted molar refractivity (Wildman–Crippen MR) is 82.1 cm³/mol. The van der Waals surface area contributed by atoms with Crippen molar-refractivity contribution in [3.05, 3.63) is 23.7 Å². The SMILES string of the molecule is O=C(O)[C@H]1CCCN1C(=O)c1ccc(C(=O)N2CCC[C@@H]2C(=O)O)o1. The highest BCUT2D eigenvalue weighted by Crippen LogP contribution is 2.24. The average molecular weight is 350 g/mol. The first kappa shape index (κ1) is 17.0. The molecule has 0 aliphatic carbocycles. The van der Waals surface area contributed by atoms with Gasteiger partial charge >= 0.3 is 11.9 Å². The van der Waals surface area contributed by atoms with Crippen LogP contribution in [0.15, 0.2) is 16.5 Å². The van der Waals surface area contributed by atoms with Crippen molar-refractivity contribution < 1.29 is 33.8 Å². The molecule has 1 aromatic rings. The molecule has 9 nitrogen and oxygen atoms in total. The Hall–Kier alpha value is -2.84. The first-order valence-electron chi connectivity index (χ1n) is 8.07. The van der Waals surface area contributed by atoms with Gasteiger partial charge in [-0.1, -0.05) is 0 Å². The van der Waals surface area contributed by atoms with Gasteiger partial charge in [0.25, 0.3) is 11.8 Å². The van der Waals surface area contributed by atoms with Gasteiger partial charge in [-0.25, -0.2) is 9.59 Å². The molecule has 0 spiro atoms. The highest BCUT2D eigenvalue weighted by Gasteiger charge is 2.38. The van der Waals surface area contributed by atoms with Gasteiger partial charge in [0.1, 0.15) is 12.1 Å². The van der Waals surface area contributed by atoms with E-state index >= 15 is 0 Å². The van der Waals surface area contributed by atoms with Crippen molar-refractivity contribution in [1.29, 1.82) is 0 Å². The molecule has 2 atom stereocenters. The van der Waals surface area contributed by atoms with Gasteiger partial charge in [0, 0.05) is 13.1 Å². The molecule has 2 fully saturated rings. The van der Waals surface area contributed by atoms with Gasteiger partial charge in [-0.05, 0) is 37.8 Å². The van der Waals surface area contributed by atoms with Crippen molar-refractivity contribution >= 4 is 23.8 Å². The topological polar surface area (TPSA) is 128 Å². The third-order valence-electron chi connectivity index (χ3n) is 4.63. The standard InChI is InChI=1S/C16H18N2O7/c19-13(17-7-1-3-9(17)15(21)22)11-5-6-12(25-11)14(20)18-8-2-4-10(18)16(23)24/h5-6,9-10H,1-4,7-8H2,(H,21,22)(H,23,24)/t9-,10-/m1/s1. The van der Waals surface area contributed by atoms with Crippen molar-refractivity contribution in [2.24, 2.45) is 0 Å². The maximum atomic E-state index is 12.4. The molecule has 3 rings (SSSR count). The molecule has 25 heavy (non-hydrogen) atoms. The Kier molecular flexibility index (Phi) is 4.47. The van der Waals surface area contributed by atoms with Crippen LogP contribution in [0.3, 0.4) is 0 Å². The summed E-state index contributed by atoms with van der Waals surface area (Å²) in [5, 5.41) is 18.3. The van der Waals surface area contributed by atoms with E-state index in [0.29, 0.717) is 38.8 Å². The molecule has 0 unspecified atom stereocenters. The summed E-state index contributed by atoms with van der Waals surface area (Å²) in [7, 11) is 0. The van der Waals surface area contributed by atoms with Gasteiger partial charge in [-0.2, -0.15) is 0 Å². The minimum atomic E-state index is -1.07. The van der Waals surface area contributed by atoms with Crippen LogP contribution in [0.5, 0.6) is 0 Å². The zero-order valence-corrected chi connectivity index (χ0v) is 13.4. The second kappa shape index (κ2) is 6.58. The summed E-state index contributed by atoms with van der Waals surface area (Å²) in [6.07, 6.45) is 1.93. The van der Waals surface area contributed by atoms with Crippen molar-refractivity contribution in [1.82, 2.24) is 9.80 Å². The van der Waals surface area contributed by atoms with E-state index in [2.05, 4.69) is 0 Å². The lowest BCUT2D eigenvalue weighted by atomic mass is 10.2. The Labute approximate surface area is 142 Å². The zero-order chi connectivity index (χ0) is 18.1. The Bertz CT molecular complexity index is 667. The number of likely N-dealkylation sites (tertiary alicyclic amines) is 2. The number of carboxylic acids is 2. The summed E-state index contributed by atoms with van der Waals surface area (Å²) >= 11 is 0. The smallest absolute Gasteiger partial charge is 0.326 e. The van der Waals surface area contributed by atoms with Gasteiger partial charge in [0.05, 0.1) is 0 Å². The van der Waals surface area contributed by atoms with Crippen molar-refractivity contribution in [3.63, 3.8) is 0 Å². The first-order chi connectivity index (χ1) is 11.9. The lowest BCUT2D eigenvalue weighted by Gasteiger charge is -2.21. The fourth-order valence-electron chi connectivity index (χ4n) is 3.38. The number of aliphatic carboxylic acids is 2. The summed E-state index contributed by atoms with van der Waals surface area (Å²) in [6.45, 7) is 0.625. The van der Waals surface area contributed by atoms with E-state index < -0.39 is 35.8 Å². The Morgan fingerprint density at radius 2 is 1.24 bits per heavy atom. The van der Waals surface area contributed by atoms with E-state index in [1.165, 1.54) is 21.9 Å². The molecule has 1 aromatic heterocycles. The van der Waals surface area contributed by atoms with Crippen LogP contribution in [0.1, 0.15) is 46.8 Å². The minimum absolute atomic E-state index is 0.123. The second-order valence-corrected chi connectivity index (χ2v) is 6.15. The maximum Gasteiger partial charge on any atom is 0.326 e. The molecule has 9 heteroatoms. The number of hydrogen-bond acceptors (Lipinski definition) is 5. The lowest BCUT2D eigenvalue weighted by molar-refractivity contribution is -0.142. The summed E-state index contributed by atoms with van der Waals surface area (Å²) in [5.74, 6) is -3.56. The Morgan fingerprint density at radius 1 is 0.840 bits per heavy atom. The number of nitrogens with zero attached hydrogens (tertiary/aromatic N) is 2. The fraction of sp³-hybridized carbons (Fsp3) is 0.500. The molecule has 2 amide bonds. The van der Waals surface area contributed by atoms with E-state index in [-0.39, 0.29) is 11.5 Å². The van der Waals surface area contributed by atoms with Crippen molar-refractivity contribution in [2.45, 2.75) is 37.8 Å². The molecule has 3 heterocycles. The van der Waals surface area contributed by atoms with Crippen LogP contribution >= 0.6 is 0 Å². The maximum absolute atomic E-state index is 12.4. The van der Waals surface area contributed by atoms with Gasteiger partial charge in [-0.3, -0.25) is 9.59 Å². The molecular weight excluding hydrogens is 332 g/mol. The quantitative estimate of drug-likeness (QED) is 0.816.